The number of amides is 3. The van der Waals surface area contributed by atoms with Crippen molar-refractivity contribution in [1.29, 1.82) is 0 Å². The maximum Gasteiger partial charge on any atom is 0.322 e. The van der Waals surface area contributed by atoms with Crippen LogP contribution in [0.1, 0.15) is 39.0 Å². The molecule has 2 aromatic heterocycles. The first-order valence-electron chi connectivity index (χ1n) is 10.7. The first kappa shape index (κ1) is 22.5. The number of hydrogen-bond donors (Lipinski definition) is 5. The summed E-state index contributed by atoms with van der Waals surface area (Å²) in [5.41, 5.74) is 1.23. The summed E-state index contributed by atoms with van der Waals surface area (Å²) in [5, 5.41) is 16.8. The Hall–Kier alpha value is -4.26. The van der Waals surface area contributed by atoms with Crippen LogP contribution in [0.25, 0.3) is 10.2 Å². The first-order valence-corrected chi connectivity index (χ1v) is 11.5. The normalized spacial score (nSPS) is 16.1. The van der Waals surface area contributed by atoms with Crippen LogP contribution in [-0.4, -0.2) is 51.9 Å². The second-order valence-electron chi connectivity index (χ2n) is 8.09. The van der Waals surface area contributed by atoms with Gasteiger partial charge in [0, 0.05) is 11.4 Å². The van der Waals surface area contributed by atoms with E-state index in [1.54, 1.807) is 18.2 Å². The van der Waals surface area contributed by atoms with Gasteiger partial charge in [0.25, 0.3) is 17.4 Å². The van der Waals surface area contributed by atoms with Crippen LogP contribution < -0.4 is 26.2 Å². The lowest BCUT2D eigenvalue weighted by molar-refractivity contribution is -0.138. The molecule has 5 rings (SSSR count). The van der Waals surface area contributed by atoms with Crippen molar-refractivity contribution < 1.29 is 29.0 Å². The second kappa shape index (κ2) is 8.83. The third-order valence-corrected chi connectivity index (χ3v) is 6.92. The highest BCUT2D eigenvalue weighted by Gasteiger charge is 2.34. The van der Waals surface area contributed by atoms with E-state index in [1.807, 2.05) is 0 Å². The fourth-order valence-corrected chi connectivity index (χ4v) is 5.46. The molecule has 0 saturated heterocycles. The summed E-state index contributed by atoms with van der Waals surface area (Å²) < 4.78 is 5.31. The predicted molar refractivity (Wildman–Crippen MR) is 124 cm³/mol. The molecule has 180 valence electrons. The number of anilines is 1. The van der Waals surface area contributed by atoms with E-state index >= 15 is 0 Å². The van der Waals surface area contributed by atoms with Crippen LogP contribution in [0.15, 0.2) is 23.0 Å². The average molecular weight is 497 g/mol. The van der Waals surface area contributed by atoms with Gasteiger partial charge in [-0.05, 0) is 36.1 Å². The number of hydrogen-bond acceptors (Lipinski definition) is 8. The molecule has 3 amide bonds. The highest BCUT2D eigenvalue weighted by molar-refractivity contribution is 7.18. The molecule has 12 nitrogen and oxygen atoms in total. The van der Waals surface area contributed by atoms with E-state index in [0.717, 1.165) is 4.88 Å². The number of fused-ring (bicyclic) bond motifs is 4. The van der Waals surface area contributed by atoms with E-state index < -0.39 is 35.8 Å². The van der Waals surface area contributed by atoms with Crippen molar-refractivity contribution in [3.05, 3.63) is 50.4 Å². The average Bonchev–Trinajstić information content (AvgIpc) is 3.39. The number of rotatable bonds is 6. The first-order chi connectivity index (χ1) is 16.8. The topological polar surface area (TPSA) is 180 Å². The number of carbonyl (C=O) groups excluding carboxylic acids is 3. The predicted octanol–water partition coefficient (Wildman–Crippen LogP) is 0.476. The molecule has 13 heteroatoms. The van der Waals surface area contributed by atoms with Crippen molar-refractivity contribution >= 4 is 50.9 Å². The van der Waals surface area contributed by atoms with E-state index in [2.05, 4.69) is 25.9 Å². The number of benzene rings is 1. The Morgan fingerprint density at radius 1 is 1.23 bits per heavy atom. The van der Waals surface area contributed by atoms with Crippen molar-refractivity contribution in [2.45, 2.75) is 25.3 Å². The second-order valence-corrected chi connectivity index (χ2v) is 9.17. The molecule has 3 heterocycles. The quantitative estimate of drug-likeness (QED) is 0.326. The zero-order valence-electron chi connectivity index (χ0n) is 18.1. The molecule has 5 N–H and O–H groups in total. The van der Waals surface area contributed by atoms with Gasteiger partial charge in [-0.1, -0.05) is 6.07 Å². The molecule has 1 atom stereocenters. The van der Waals surface area contributed by atoms with E-state index in [4.69, 9.17) is 9.84 Å². The number of aromatic nitrogens is 2. The largest absolute Gasteiger partial charge is 0.482 e. The zero-order valence-corrected chi connectivity index (χ0v) is 18.9. The number of nitrogens with one attached hydrogen (secondary N) is 4. The van der Waals surface area contributed by atoms with Gasteiger partial charge >= 0.3 is 5.97 Å². The number of nitrogens with zero attached hydrogens (tertiary/aromatic N) is 1. The number of aliphatic carboxylic acids is 1. The molecule has 1 aliphatic heterocycles. The number of H-pyrrole nitrogens is 1. The minimum atomic E-state index is -1.16. The number of aryl methyl sites for hydroxylation is 1. The molecular formula is C22H19N5O7S. The van der Waals surface area contributed by atoms with Crippen LogP contribution in [0.2, 0.25) is 0 Å². The van der Waals surface area contributed by atoms with Crippen LogP contribution in [0.4, 0.5) is 5.69 Å². The van der Waals surface area contributed by atoms with Crippen LogP contribution in [0.5, 0.6) is 5.75 Å². The molecule has 0 saturated carbocycles. The summed E-state index contributed by atoms with van der Waals surface area (Å²) in [6.45, 7) is -0.434. The minimum Gasteiger partial charge on any atom is -0.482 e. The molecule has 0 radical (unpaired) electrons. The fourth-order valence-electron chi connectivity index (χ4n) is 4.21. The summed E-state index contributed by atoms with van der Waals surface area (Å²) in [4.78, 5) is 68.3. The minimum absolute atomic E-state index is 0.0511. The molecular weight excluding hydrogens is 478 g/mol. The third kappa shape index (κ3) is 4.33. The smallest absolute Gasteiger partial charge is 0.322 e. The van der Waals surface area contributed by atoms with E-state index in [0.29, 0.717) is 40.2 Å². The number of ether oxygens (including phenoxy) is 1. The van der Waals surface area contributed by atoms with Crippen LogP contribution in [0.3, 0.4) is 0 Å². The molecule has 1 aromatic carbocycles. The maximum absolute atomic E-state index is 12.9. The van der Waals surface area contributed by atoms with Gasteiger partial charge in [-0.3, -0.25) is 24.0 Å². The van der Waals surface area contributed by atoms with Crippen molar-refractivity contribution in [3.8, 4) is 5.75 Å². The van der Waals surface area contributed by atoms with Crippen molar-refractivity contribution in [2.75, 3.05) is 18.5 Å². The Balaban J connectivity index is 1.34. The summed E-state index contributed by atoms with van der Waals surface area (Å²) >= 11 is 1.25. The molecule has 3 aromatic rings. The molecule has 1 unspecified atom stereocenters. The van der Waals surface area contributed by atoms with Gasteiger partial charge in [-0.25, -0.2) is 4.98 Å². The Morgan fingerprint density at radius 2 is 2.06 bits per heavy atom. The lowest BCUT2D eigenvalue weighted by Crippen LogP contribution is -2.33. The number of aromatic amines is 1. The van der Waals surface area contributed by atoms with E-state index in [-0.39, 0.29) is 30.3 Å². The number of thiophene rings is 1. The zero-order chi connectivity index (χ0) is 24.7. The lowest BCUT2D eigenvalue weighted by atomic mass is 10.0. The van der Waals surface area contributed by atoms with Gasteiger partial charge in [0.05, 0.1) is 17.0 Å². The van der Waals surface area contributed by atoms with Crippen LogP contribution in [0, 0.1) is 0 Å². The van der Waals surface area contributed by atoms with Gasteiger partial charge in [0.1, 0.15) is 17.1 Å². The van der Waals surface area contributed by atoms with Crippen LogP contribution >= 0.6 is 11.3 Å². The monoisotopic (exact) mass is 497 g/mol. The van der Waals surface area contributed by atoms with Crippen molar-refractivity contribution in [1.82, 2.24) is 20.6 Å². The van der Waals surface area contributed by atoms with Gasteiger partial charge in [0.2, 0.25) is 11.7 Å². The van der Waals surface area contributed by atoms with Gasteiger partial charge in [-0.15, -0.1) is 11.3 Å². The Labute approximate surface area is 200 Å². The lowest BCUT2D eigenvalue weighted by Gasteiger charge is -2.18. The molecule has 0 bridgehead atoms. The third-order valence-electron chi connectivity index (χ3n) is 5.76. The van der Waals surface area contributed by atoms with E-state index in [9.17, 15) is 24.0 Å². The summed E-state index contributed by atoms with van der Waals surface area (Å²) in [6, 6.07) is 5.12. The molecule has 35 heavy (non-hydrogen) atoms. The van der Waals surface area contributed by atoms with E-state index in [1.165, 1.54) is 11.3 Å². The number of carboxylic acids is 1. The van der Waals surface area contributed by atoms with Crippen LogP contribution in [-0.2, 0) is 27.3 Å². The summed E-state index contributed by atoms with van der Waals surface area (Å²) in [6.07, 6.45) is 1.03. The maximum atomic E-state index is 12.9. The van der Waals surface area contributed by atoms with Gasteiger partial charge < -0.3 is 30.8 Å². The standard InChI is InChI=1S/C22H19N5O7S/c28-14-8-34-12-3-1-9(5-11(12)25-14)6-23-21(33)18-26-20(32)17-16-10(19(31)24-7-15(29)30)2-4-13(16)35-22(17)27-18/h1,3,5,10H,2,4,6-8H2,(H,23,33)(H,24,31)(H,25,28)(H,29,30)(H,26,27,32). The summed E-state index contributed by atoms with van der Waals surface area (Å²) in [7, 11) is 0. The molecule has 1 aliphatic carbocycles. The molecule has 0 spiro atoms. The van der Waals surface area contributed by atoms with Crippen molar-refractivity contribution in [3.63, 3.8) is 0 Å². The SMILES string of the molecule is O=C(O)CNC(=O)C1CCc2sc3nc(C(=O)NCc4ccc5c(c4)NC(=O)CO5)[nH]c(=O)c3c21. The summed E-state index contributed by atoms with van der Waals surface area (Å²) in [5.74, 6) is -2.74. The number of carbonyl (C=O) groups is 4. The van der Waals surface area contributed by atoms with Gasteiger partial charge in [0.15, 0.2) is 6.61 Å². The fraction of sp³-hybridized carbons (Fsp3) is 0.273. The number of carboxylic acid groups (broad SMARTS) is 1. The highest BCUT2D eigenvalue weighted by atomic mass is 32.1. The molecule has 0 fully saturated rings. The highest BCUT2D eigenvalue weighted by Crippen LogP contribution is 2.42. The Bertz CT molecular complexity index is 1460. The van der Waals surface area contributed by atoms with Gasteiger partial charge in [-0.2, -0.15) is 0 Å². The van der Waals surface area contributed by atoms with Crippen molar-refractivity contribution in [2.24, 2.45) is 0 Å². The Morgan fingerprint density at radius 3 is 2.86 bits per heavy atom. The molecule has 2 aliphatic rings. The Kier molecular flexibility index (Phi) is 5.68.